The van der Waals surface area contributed by atoms with Crippen LogP contribution in [0.2, 0.25) is 0 Å². The number of benzene rings is 1. The third-order valence-corrected chi connectivity index (χ3v) is 5.58. The predicted molar refractivity (Wildman–Crippen MR) is 92.1 cm³/mol. The molecular weight excluding hydrogens is 377 g/mol. The maximum absolute atomic E-state index is 13.1. The molecule has 0 saturated heterocycles. The van der Waals surface area contributed by atoms with Gasteiger partial charge in [-0.3, -0.25) is 9.59 Å². The van der Waals surface area contributed by atoms with Gasteiger partial charge in [0, 0.05) is 0 Å². The first-order valence-corrected chi connectivity index (χ1v) is 9.88. The molecule has 1 aromatic rings. The lowest BCUT2D eigenvalue weighted by atomic mass is 9.83. The summed E-state index contributed by atoms with van der Waals surface area (Å²) in [5.41, 5.74) is -0.944. The summed E-state index contributed by atoms with van der Waals surface area (Å²) < 4.78 is 43.7. The topological polar surface area (TPSA) is 125 Å². The van der Waals surface area contributed by atoms with Crippen molar-refractivity contribution >= 4 is 21.9 Å². The molecule has 1 aromatic carbocycles. The minimum atomic E-state index is -4.09. The second-order valence-electron chi connectivity index (χ2n) is 6.25. The minimum Gasteiger partial charge on any atom is -0.455 e. The molecule has 2 N–H and O–H groups in total. The van der Waals surface area contributed by atoms with Crippen LogP contribution in [0.5, 0.6) is 0 Å². The first kappa shape index (κ1) is 20.8. The Morgan fingerprint density at radius 3 is 2.59 bits per heavy atom. The molecule has 2 rings (SSSR count). The lowest BCUT2D eigenvalue weighted by Crippen LogP contribution is -2.50. The van der Waals surface area contributed by atoms with Gasteiger partial charge in [-0.15, -0.1) is 0 Å². The van der Waals surface area contributed by atoms with Gasteiger partial charge in [-0.25, -0.2) is 12.8 Å². The van der Waals surface area contributed by atoms with Crippen LogP contribution in [0.3, 0.4) is 0 Å². The van der Waals surface area contributed by atoms with Gasteiger partial charge in [0.15, 0.2) is 6.61 Å². The Morgan fingerprint density at radius 1 is 1.26 bits per heavy atom. The second kappa shape index (κ2) is 8.92. The van der Waals surface area contributed by atoms with Crippen molar-refractivity contribution in [3.05, 3.63) is 30.1 Å². The number of sulfonamides is 1. The number of ether oxygens (including phenoxy) is 1. The number of esters is 1. The lowest BCUT2D eigenvalue weighted by molar-refractivity contribution is -0.147. The predicted octanol–water partition coefficient (Wildman–Crippen LogP) is 0.990. The zero-order valence-electron chi connectivity index (χ0n) is 14.5. The summed E-state index contributed by atoms with van der Waals surface area (Å²) in [4.78, 5) is 23.3. The fraction of sp³-hybridized carbons (Fsp3) is 0.471. The van der Waals surface area contributed by atoms with E-state index in [4.69, 9.17) is 4.74 Å². The Balaban J connectivity index is 1.80. The molecule has 1 aliphatic carbocycles. The molecule has 0 unspecified atom stereocenters. The molecule has 1 aliphatic rings. The molecule has 1 fully saturated rings. The molecule has 10 heteroatoms. The number of halogens is 1. The Morgan fingerprint density at radius 2 is 1.96 bits per heavy atom. The van der Waals surface area contributed by atoms with Crippen LogP contribution in [-0.2, 0) is 24.3 Å². The number of nitrogens with zero attached hydrogens (tertiary/aromatic N) is 1. The van der Waals surface area contributed by atoms with Gasteiger partial charge < -0.3 is 10.1 Å². The molecule has 0 spiro atoms. The van der Waals surface area contributed by atoms with Gasteiger partial charge in [-0.1, -0.05) is 25.3 Å². The fourth-order valence-corrected chi connectivity index (χ4v) is 3.79. The van der Waals surface area contributed by atoms with Crippen molar-refractivity contribution in [1.82, 2.24) is 10.0 Å². The van der Waals surface area contributed by atoms with Gasteiger partial charge >= 0.3 is 5.97 Å². The molecule has 0 aliphatic heterocycles. The van der Waals surface area contributed by atoms with Crippen molar-refractivity contribution in [2.75, 3.05) is 13.2 Å². The Hall–Kier alpha value is -2.51. The molecule has 0 bridgehead atoms. The normalized spacial score (nSPS) is 16.1. The van der Waals surface area contributed by atoms with Crippen LogP contribution >= 0.6 is 0 Å². The van der Waals surface area contributed by atoms with Gasteiger partial charge in [-0.2, -0.15) is 9.98 Å². The summed E-state index contributed by atoms with van der Waals surface area (Å²) in [6.45, 7) is -1.33. The number of carbonyl (C=O) groups excluding carboxylic acids is 2. The fourth-order valence-electron chi connectivity index (χ4n) is 2.79. The lowest BCUT2D eigenvalue weighted by Gasteiger charge is -2.31. The molecule has 0 atom stereocenters. The molecule has 8 nitrogen and oxygen atoms in total. The van der Waals surface area contributed by atoms with E-state index in [1.165, 1.54) is 12.1 Å². The largest absolute Gasteiger partial charge is 0.455 e. The highest BCUT2D eigenvalue weighted by Gasteiger charge is 2.33. The third-order valence-electron chi connectivity index (χ3n) is 4.18. The highest BCUT2D eigenvalue weighted by atomic mass is 32.2. The van der Waals surface area contributed by atoms with E-state index in [1.807, 2.05) is 4.72 Å². The van der Waals surface area contributed by atoms with Crippen molar-refractivity contribution < 1.29 is 27.1 Å². The van der Waals surface area contributed by atoms with E-state index in [2.05, 4.69) is 11.4 Å². The smallest absolute Gasteiger partial charge is 0.321 e. The van der Waals surface area contributed by atoms with E-state index in [0.29, 0.717) is 12.8 Å². The molecular formula is C17H20FN3O5S. The molecule has 146 valence electrons. The molecule has 0 heterocycles. The highest BCUT2D eigenvalue weighted by molar-refractivity contribution is 7.89. The third kappa shape index (κ3) is 6.01. The maximum atomic E-state index is 13.1. The Bertz CT molecular complexity index is 844. The van der Waals surface area contributed by atoms with E-state index in [-0.39, 0.29) is 4.90 Å². The molecule has 1 amide bonds. The molecule has 1 saturated carbocycles. The zero-order chi connectivity index (χ0) is 19.9. The summed E-state index contributed by atoms with van der Waals surface area (Å²) in [6, 6.07) is 6.41. The quantitative estimate of drug-likeness (QED) is 0.661. The van der Waals surface area contributed by atoms with Crippen LogP contribution < -0.4 is 10.0 Å². The van der Waals surface area contributed by atoms with Crippen LogP contribution in [0, 0.1) is 17.1 Å². The number of rotatable bonds is 7. The maximum Gasteiger partial charge on any atom is 0.321 e. The standard InChI is InChI=1S/C17H20FN3O5S/c18-13-5-4-6-14(9-13)27(24,25)20-10-16(23)26-11-15(22)21-17(12-19)7-2-1-3-8-17/h4-6,9,20H,1-3,7-8,10-11H2,(H,21,22). The monoisotopic (exact) mass is 397 g/mol. The van der Waals surface area contributed by atoms with Gasteiger partial charge in [0.2, 0.25) is 10.0 Å². The van der Waals surface area contributed by atoms with Crippen molar-refractivity contribution in [2.24, 2.45) is 0 Å². The summed E-state index contributed by atoms with van der Waals surface area (Å²) >= 11 is 0. The summed E-state index contributed by atoms with van der Waals surface area (Å²) in [5.74, 6) is -2.33. The summed E-state index contributed by atoms with van der Waals surface area (Å²) in [5, 5.41) is 11.9. The van der Waals surface area contributed by atoms with E-state index in [9.17, 15) is 27.7 Å². The van der Waals surface area contributed by atoms with E-state index >= 15 is 0 Å². The average molecular weight is 397 g/mol. The average Bonchev–Trinajstić information content (AvgIpc) is 2.65. The number of hydrogen-bond donors (Lipinski definition) is 2. The first-order chi connectivity index (χ1) is 12.8. The highest BCUT2D eigenvalue weighted by Crippen LogP contribution is 2.27. The minimum absolute atomic E-state index is 0.332. The van der Waals surface area contributed by atoms with Gasteiger partial charge in [0.25, 0.3) is 5.91 Å². The summed E-state index contributed by atoms with van der Waals surface area (Å²) in [6.07, 6.45) is 3.73. The molecule has 0 radical (unpaired) electrons. The second-order valence-corrected chi connectivity index (χ2v) is 8.01. The van der Waals surface area contributed by atoms with Crippen LogP contribution in [0.4, 0.5) is 4.39 Å². The zero-order valence-corrected chi connectivity index (χ0v) is 15.4. The van der Waals surface area contributed by atoms with Crippen LogP contribution in [-0.4, -0.2) is 39.0 Å². The van der Waals surface area contributed by atoms with Gasteiger partial charge in [0.1, 0.15) is 17.9 Å². The first-order valence-electron chi connectivity index (χ1n) is 8.39. The Labute approximate surface area is 156 Å². The number of hydrogen-bond acceptors (Lipinski definition) is 6. The SMILES string of the molecule is N#CC1(NC(=O)COC(=O)CNS(=O)(=O)c2cccc(F)c2)CCCCC1. The van der Waals surface area contributed by atoms with E-state index in [0.717, 1.165) is 31.4 Å². The van der Waals surface area contributed by atoms with Crippen molar-refractivity contribution in [3.63, 3.8) is 0 Å². The van der Waals surface area contributed by atoms with Crippen LogP contribution in [0.1, 0.15) is 32.1 Å². The van der Waals surface area contributed by atoms with Crippen molar-refractivity contribution in [3.8, 4) is 6.07 Å². The summed E-state index contributed by atoms with van der Waals surface area (Å²) in [7, 11) is -4.09. The van der Waals surface area contributed by atoms with Gasteiger partial charge in [-0.05, 0) is 31.0 Å². The molecule has 0 aromatic heterocycles. The number of nitrogens with one attached hydrogen (secondary N) is 2. The van der Waals surface area contributed by atoms with Crippen LogP contribution in [0.25, 0.3) is 0 Å². The van der Waals surface area contributed by atoms with E-state index < -0.39 is 46.4 Å². The van der Waals surface area contributed by atoms with E-state index in [1.54, 1.807) is 0 Å². The van der Waals surface area contributed by atoms with Crippen molar-refractivity contribution in [1.29, 1.82) is 5.26 Å². The molecule has 27 heavy (non-hydrogen) atoms. The number of nitriles is 1. The number of carbonyl (C=O) groups is 2. The number of amides is 1. The van der Waals surface area contributed by atoms with Gasteiger partial charge in [0.05, 0.1) is 11.0 Å². The van der Waals surface area contributed by atoms with Crippen LogP contribution in [0.15, 0.2) is 29.2 Å². The Kier molecular flexibility index (Phi) is 6.87. The van der Waals surface area contributed by atoms with Crippen molar-refractivity contribution in [2.45, 2.75) is 42.5 Å².